The van der Waals surface area contributed by atoms with Crippen molar-refractivity contribution >= 4 is 28.3 Å². The minimum Gasteiger partial charge on any atom is -0.358 e. The molecule has 76 valence electrons. The van der Waals surface area contributed by atoms with Crippen LogP contribution in [0, 0.1) is 0 Å². The predicted molar refractivity (Wildman–Crippen MR) is 65.2 cm³/mol. The van der Waals surface area contributed by atoms with Gasteiger partial charge in [0.2, 0.25) is 0 Å². The van der Waals surface area contributed by atoms with E-state index < -0.39 is 0 Å². The van der Waals surface area contributed by atoms with Crippen molar-refractivity contribution in [2.75, 3.05) is 5.75 Å². The van der Waals surface area contributed by atoms with E-state index in [0.717, 1.165) is 10.9 Å². The molecule has 0 aromatic carbocycles. The van der Waals surface area contributed by atoms with Gasteiger partial charge in [-0.25, -0.2) is 0 Å². The molecule has 2 heterocycles. The average molecular weight is 226 g/mol. The van der Waals surface area contributed by atoms with Gasteiger partial charge in [0.15, 0.2) is 5.17 Å². The highest BCUT2D eigenvalue weighted by Crippen LogP contribution is 2.21. The molecule has 1 aliphatic rings. The quantitative estimate of drug-likeness (QED) is 0.838. The molecule has 1 aliphatic heterocycles. The van der Waals surface area contributed by atoms with Crippen LogP contribution in [0.1, 0.15) is 25.5 Å². The van der Waals surface area contributed by atoms with Gasteiger partial charge in [0.25, 0.3) is 0 Å². The summed E-state index contributed by atoms with van der Waals surface area (Å²) < 4.78 is 0. The molecule has 0 fully saturated rings. The van der Waals surface area contributed by atoms with Crippen molar-refractivity contribution in [2.24, 2.45) is 4.99 Å². The highest BCUT2D eigenvalue weighted by atomic mass is 32.2. The summed E-state index contributed by atoms with van der Waals surface area (Å²) in [6.45, 7) is 4.32. The number of hydrogen-bond acceptors (Lipinski definition) is 4. The Labute approximate surface area is 92.8 Å². The molecule has 2 atom stereocenters. The number of aliphatic imine (C=N–C) groups is 1. The molecule has 0 spiro atoms. The van der Waals surface area contributed by atoms with Gasteiger partial charge in [-0.05, 0) is 36.2 Å². The maximum atomic E-state index is 4.51. The topological polar surface area (TPSA) is 24.4 Å². The van der Waals surface area contributed by atoms with Gasteiger partial charge < -0.3 is 5.32 Å². The molecule has 1 aromatic heterocycles. The van der Waals surface area contributed by atoms with E-state index in [1.165, 1.54) is 5.56 Å². The first-order valence-electron chi connectivity index (χ1n) is 4.75. The molecule has 0 bridgehead atoms. The Bertz CT molecular complexity index is 319. The average Bonchev–Trinajstić information content (AvgIpc) is 2.75. The lowest BCUT2D eigenvalue weighted by Gasteiger charge is -2.12. The smallest absolute Gasteiger partial charge is 0.157 e. The summed E-state index contributed by atoms with van der Waals surface area (Å²) in [4.78, 5) is 4.51. The number of nitrogens with zero attached hydrogens (tertiary/aromatic N) is 1. The zero-order chi connectivity index (χ0) is 9.97. The minimum absolute atomic E-state index is 0.373. The molecular weight excluding hydrogens is 212 g/mol. The summed E-state index contributed by atoms with van der Waals surface area (Å²) in [5, 5.41) is 8.82. The van der Waals surface area contributed by atoms with Crippen molar-refractivity contribution in [2.45, 2.75) is 25.9 Å². The largest absolute Gasteiger partial charge is 0.358 e. The Kier molecular flexibility index (Phi) is 3.13. The van der Waals surface area contributed by atoms with E-state index in [1.54, 1.807) is 11.3 Å². The van der Waals surface area contributed by atoms with Gasteiger partial charge in [-0.2, -0.15) is 11.3 Å². The van der Waals surface area contributed by atoms with Crippen molar-refractivity contribution in [3.63, 3.8) is 0 Å². The molecule has 14 heavy (non-hydrogen) atoms. The monoisotopic (exact) mass is 226 g/mol. The number of thiophene rings is 1. The van der Waals surface area contributed by atoms with Gasteiger partial charge in [-0.1, -0.05) is 11.8 Å². The van der Waals surface area contributed by atoms with Crippen LogP contribution >= 0.6 is 23.1 Å². The van der Waals surface area contributed by atoms with Gasteiger partial charge in [0.1, 0.15) is 0 Å². The summed E-state index contributed by atoms with van der Waals surface area (Å²) in [6, 6.07) is 3.00. The normalized spacial score (nSPS) is 23.3. The van der Waals surface area contributed by atoms with E-state index in [1.807, 2.05) is 11.8 Å². The lowest BCUT2D eigenvalue weighted by atomic mass is 10.2. The van der Waals surface area contributed by atoms with Crippen molar-refractivity contribution in [1.29, 1.82) is 0 Å². The molecule has 1 aromatic rings. The second-order valence-corrected chi connectivity index (χ2v) is 5.31. The molecule has 0 amide bonds. The molecule has 1 N–H and O–H groups in total. The highest BCUT2D eigenvalue weighted by molar-refractivity contribution is 8.14. The fraction of sp³-hybridized carbons (Fsp3) is 0.500. The molecule has 0 radical (unpaired) electrons. The summed E-state index contributed by atoms with van der Waals surface area (Å²) >= 11 is 3.56. The molecule has 0 aliphatic carbocycles. The number of thioether (sulfide) groups is 1. The fourth-order valence-electron chi connectivity index (χ4n) is 1.34. The van der Waals surface area contributed by atoms with E-state index in [2.05, 4.69) is 41.0 Å². The van der Waals surface area contributed by atoms with Crippen LogP contribution < -0.4 is 5.32 Å². The molecular formula is C10H14N2S2. The summed E-state index contributed by atoms with van der Waals surface area (Å²) in [5.41, 5.74) is 1.35. The van der Waals surface area contributed by atoms with E-state index in [-0.39, 0.29) is 0 Å². The zero-order valence-corrected chi connectivity index (χ0v) is 9.99. The lowest BCUT2D eigenvalue weighted by molar-refractivity contribution is 0.721. The number of amidine groups is 1. The predicted octanol–water partition coefficient (Wildman–Crippen LogP) is 2.89. The third kappa shape index (κ3) is 2.30. The van der Waals surface area contributed by atoms with Crippen LogP contribution in [0.3, 0.4) is 0 Å². The van der Waals surface area contributed by atoms with Crippen LogP contribution in [0.4, 0.5) is 0 Å². The standard InChI is InChI=1S/C10H14N2S2/c1-7-5-14-10(11-7)12-8(2)9-3-4-13-6-9/h3-4,6-8H,5H2,1-2H3,(H,11,12). The summed E-state index contributed by atoms with van der Waals surface area (Å²) in [6.07, 6.45) is 0. The third-order valence-corrected chi connectivity index (χ3v) is 4.03. The second-order valence-electron chi connectivity index (χ2n) is 3.52. The lowest BCUT2D eigenvalue weighted by Crippen LogP contribution is -2.22. The molecule has 0 saturated carbocycles. The van der Waals surface area contributed by atoms with Crippen molar-refractivity contribution < 1.29 is 0 Å². The Balaban J connectivity index is 1.95. The molecule has 0 saturated heterocycles. The van der Waals surface area contributed by atoms with Gasteiger partial charge >= 0.3 is 0 Å². The van der Waals surface area contributed by atoms with Crippen LogP contribution in [-0.4, -0.2) is 17.0 Å². The van der Waals surface area contributed by atoms with Gasteiger partial charge in [-0.3, -0.25) is 4.99 Å². The van der Waals surface area contributed by atoms with Crippen LogP contribution in [-0.2, 0) is 0 Å². The van der Waals surface area contributed by atoms with Crippen LogP contribution in [0.2, 0.25) is 0 Å². The second kappa shape index (κ2) is 4.36. The van der Waals surface area contributed by atoms with E-state index in [4.69, 9.17) is 0 Å². The highest BCUT2D eigenvalue weighted by Gasteiger charge is 2.16. The first-order chi connectivity index (χ1) is 6.75. The molecule has 4 heteroatoms. The molecule has 2 unspecified atom stereocenters. The van der Waals surface area contributed by atoms with Crippen molar-refractivity contribution in [3.8, 4) is 0 Å². The minimum atomic E-state index is 0.373. The number of hydrogen-bond donors (Lipinski definition) is 1. The zero-order valence-electron chi connectivity index (χ0n) is 8.36. The Morgan fingerprint density at radius 2 is 2.50 bits per heavy atom. The number of rotatable bonds is 2. The first kappa shape index (κ1) is 10.1. The fourth-order valence-corrected chi connectivity index (χ4v) is 3.09. The Morgan fingerprint density at radius 1 is 1.64 bits per heavy atom. The van der Waals surface area contributed by atoms with E-state index >= 15 is 0 Å². The molecule has 2 nitrogen and oxygen atoms in total. The van der Waals surface area contributed by atoms with Crippen molar-refractivity contribution in [1.82, 2.24) is 5.32 Å². The van der Waals surface area contributed by atoms with E-state index in [9.17, 15) is 0 Å². The van der Waals surface area contributed by atoms with E-state index in [0.29, 0.717) is 12.1 Å². The van der Waals surface area contributed by atoms with Gasteiger partial charge in [-0.15, -0.1) is 0 Å². The summed E-state index contributed by atoms with van der Waals surface area (Å²) in [5.74, 6) is 1.11. The van der Waals surface area contributed by atoms with Gasteiger partial charge in [0.05, 0.1) is 12.1 Å². The summed E-state index contributed by atoms with van der Waals surface area (Å²) in [7, 11) is 0. The maximum Gasteiger partial charge on any atom is 0.157 e. The SMILES string of the molecule is CC1CSC(NC(C)c2ccsc2)=N1. The third-order valence-electron chi connectivity index (χ3n) is 2.18. The Hall–Kier alpha value is -0.480. The maximum absolute atomic E-state index is 4.51. The van der Waals surface area contributed by atoms with Crippen LogP contribution in [0.25, 0.3) is 0 Å². The number of nitrogens with one attached hydrogen (secondary N) is 1. The van der Waals surface area contributed by atoms with Crippen molar-refractivity contribution in [3.05, 3.63) is 22.4 Å². The van der Waals surface area contributed by atoms with Crippen LogP contribution in [0.15, 0.2) is 21.8 Å². The van der Waals surface area contributed by atoms with Gasteiger partial charge in [0, 0.05) is 5.75 Å². The molecule has 2 rings (SSSR count). The van der Waals surface area contributed by atoms with Crippen LogP contribution in [0.5, 0.6) is 0 Å². The first-order valence-corrected chi connectivity index (χ1v) is 6.68. The Morgan fingerprint density at radius 3 is 3.07 bits per heavy atom.